The van der Waals surface area contributed by atoms with Crippen molar-refractivity contribution in [3.8, 4) is 0 Å². The zero-order valence-corrected chi connectivity index (χ0v) is 11.1. The van der Waals surface area contributed by atoms with Crippen LogP contribution in [0.2, 0.25) is 0 Å². The second kappa shape index (κ2) is 5.52. The highest BCUT2D eigenvalue weighted by Gasteiger charge is 2.15. The summed E-state index contributed by atoms with van der Waals surface area (Å²) in [6.45, 7) is 2.02. The van der Waals surface area contributed by atoms with Gasteiger partial charge in [-0.25, -0.2) is 0 Å². The van der Waals surface area contributed by atoms with E-state index in [0.29, 0.717) is 6.04 Å². The molecule has 2 aromatic rings. The lowest BCUT2D eigenvalue weighted by Gasteiger charge is -2.13. The van der Waals surface area contributed by atoms with Crippen LogP contribution in [0, 0.1) is 6.92 Å². The molecule has 2 aromatic heterocycles. The SMILES string of the molecule is CNC(CCc1ccsc1)c1snnc1C. The lowest BCUT2D eigenvalue weighted by Crippen LogP contribution is -2.16. The number of hydrogen-bond acceptors (Lipinski definition) is 5. The number of thiophene rings is 1. The average Bonchev–Trinajstić information content (AvgIpc) is 2.92. The molecule has 0 bridgehead atoms. The fourth-order valence-corrected chi connectivity index (χ4v) is 3.20. The van der Waals surface area contributed by atoms with Crippen LogP contribution < -0.4 is 5.32 Å². The van der Waals surface area contributed by atoms with Crippen LogP contribution in [0.1, 0.15) is 28.6 Å². The fraction of sp³-hybridized carbons (Fsp3) is 0.455. The van der Waals surface area contributed by atoms with E-state index in [9.17, 15) is 0 Å². The van der Waals surface area contributed by atoms with Crippen molar-refractivity contribution in [3.05, 3.63) is 33.0 Å². The molecule has 0 aliphatic heterocycles. The summed E-state index contributed by atoms with van der Waals surface area (Å²) in [5.41, 5.74) is 2.47. The van der Waals surface area contributed by atoms with Crippen molar-refractivity contribution in [2.45, 2.75) is 25.8 Å². The molecule has 2 heterocycles. The predicted molar refractivity (Wildman–Crippen MR) is 69.1 cm³/mol. The number of rotatable bonds is 5. The normalized spacial score (nSPS) is 12.9. The van der Waals surface area contributed by atoms with Gasteiger partial charge < -0.3 is 5.32 Å². The summed E-state index contributed by atoms with van der Waals surface area (Å²) < 4.78 is 3.99. The molecule has 0 amide bonds. The van der Waals surface area contributed by atoms with Gasteiger partial charge in [0, 0.05) is 6.04 Å². The van der Waals surface area contributed by atoms with Crippen molar-refractivity contribution < 1.29 is 0 Å². The van der Waals surface area contributed by atoms with Crippen LogP contribution in [0.25, 0.3) is 0 Å². The van der Waals surface area contributed by atoms with Crippen LogP contribution in [-0.2, 0) is 6.42 Å². The topological polar surface area (TPSA) is 37.8 Å². The van der Waals surface area contributed by atoms with Gasteiger partial charge in [-0.15, -0.1) is 5.10 Å². The third-order valence-electron chi connectivity index (χ3n) is 2.65. The van der Waals surface area contributed by atoms with Gasteiger partial charge in [-0.05, 0) is 60.7 Å². The van der Waals surface area contributed by atoms with Crippen molar-refractivity contribution in [2.75, 3.05) is 7.05 Å². The van der Waals surface area contributed by atoms with E-state index in [1.165, 1.54) is 22.0 Å². The third kappa shape index (κ3) is 2.66. The molecule has 5 heteroatoms. The van der Waals surface area contributed by atoms with E-state index in [1.807, 2.05) is 14.0 Å². The standard InChI is InChI=1S/C11H15N3S2/c1-8-11(16-14-13-8)10(12-2)4-3-9-5-6-15-7-9/h5-7,10,12H,3-4H2,1-2H3. The van der Waals surface area contributed by atoms with Gasteiger partial charge in [0.25, 0.3) is 0 Å². The Morgan fingerprint density at radius 2 is 2.38 bits per heavy atom. The molecule has 86 valence electrons. The summed E-state index contributed by atoms with van der Waals surface area (Å²) in [4.78, 5) is 1.26. The molecule has 0 spiro atoms. The van der Waals surface area contributed by atoms with Crippen LogP contribution >= 0.6 is 22.9 Å². The molecule has 16 heavy (non-hydrogen) atoms. The maximum absolute atomic E-state index is 4.06. The first-order valence-electron chi connectivity index (χ1n) is 5.28. The summed E-state index contributed by atoms with van der Waals surface area (Å²) in [6, 6.07) is 2.56. The molecule has 0 aromatic carbocycles. The predicted octanol–water partition coefficient (Wildman–Crippen LogP) is 2.80. The molecule has 0 fully saturated rings. The van der Waals surface area contributed by atoms with Gasteiger partial charge >= 0.3 is 0 Å². The maximum Gasteiger partial charge on any atom is 0.0772 e. The Bertz CT molecular complexity index is 422. The number of hydrogen-bond donors (Lipinski definition) is 1. The quantitative estimate of drug-likeness (QED) is 0.890. The third-order valence-corrected chi connectivity index (χ3v) is 4.33. The number of aryl methyl sites for hydroxylation is 2. The maximum atomic E-state index is 4.06. The molecule has 0 aliphatic carbocycles. The van der Waals surface area contributed by atoms with E-state index in [4.69, 9.17) is 0 Å². The second-order valence-corrected chi connectivity index (χ2v) is 5.30. The van der Waals surface area contributed by atoms with Crippen LogP contribution in [0.3, 0.4) is 0 Å². The largest absolute Gasteiger partial charge is 0.312 e. The Morgan fingerprint density at radius 1 is 1.50 bits per heavy atom. The van der Waals surface area contributed by atoms with E-state index in [1.54, 1.807) is 11.3 Å². The Balaban J connectivity index is 1.99. The van der Waals surface area contributed by atoms with Crippen molar-refractivity contribution in [1.29, 1.82) is 0 Å². The molecule has 3 nitrogen and oxygen atoms in total. The smallest absolute Gasteiger partial charge is 0.0772 e. The first-order chi connectivity index (χ1) is 7.81. The molecule has 1 N–H and O–H groups in total. The fourth-order valence-electron chi connectivity index (χ4n) is 1.71. The summed E-state index contributed by atoms with van der Waals surface area (Å²) in [7, 11) is 2.00. The molecule has 0 radical (unpaired) electrons. The first-order valence-corrected chi connectivity index (χ1v) is 7.00. The van der Waals surface area contributed by atoms with Gasteiger partial charge in [0.15, 0.2) is 0 Å². The van der Waals surface area contributed by atoms with Crippen LogP contribution in [0.5, 0.6) is 0 Å². The van der Waals surface area contributed by atoms with Gasteiger partial charge in [0.2, 0.25) is 0 Å². The van der Waals surface area contributed by atoms with Crippen molar-refractivity contribution in [1.82, 2.24) is 14.9 Å². The summed E-state index contributed by atoms with van der Waals surface area (Å²) in [5.74, 6) is 0. The van der Waals surface area contributed by atoms with Crippen molar-refractivity contribution in [2.24, 2.45) is 0 Å². The van der Waals surface area contributed by atoms with Gasteiger partial charge in [0.05, 0.1) is 10.6 Å². The first kappa shape index (κ1) is 11.7. The van der Waals surface area contributed by atoms with Gasteiger partial charge in [0.1, 0.15) is 0 Å². The van der Waals surface area contributed by atoms with Gasteiger partial charge in [-0.3, -0.25) is 0 Å². The summed E-state index contributed by atoms with van der Waals surface area (Å²) >= 11 is 3.26. The van der Waals surface area contributed by atoms with E-state index >= 15 is 0 Å². The highest BCUT2D eigenvalue weighted by atomic mass is 32.1. The molecule has 0 saturated carbocycles. The molecule has 0 saturated heterocycles. The Morgan fingerprint density at radius 3 is 2.94 bits per heavy atom. The molecular formula is C11H15N3S2. The zero-order chi connectivity index (χ0) is 11.4. The lowest BCUT2D eigenvalue weighted by molar-refractivity contribution is 0.554. The minimum atomic E-state index is 0.375. The Hall–Kier alpha value is -0.780. The van der Waals surface area contributed by atoms with E-state index < -0.39 is 0 Å². The molecule has 0 aliphatic rings. The van der Waals surface area contributed by atoms with Crippen LogP contribution in [-0.4, -0.2) is 16.6 Å². The minimum Gasteiger partial charge on any atom is -0.312 e. The number of nitrogens with zero attached hydrogens (tertiary/aromatic N) is 2. The number of aromatic nitrogens is 2. The lowest BCUT2D eigenvalue weighted by atomic mass is 10.1. The van der Waals surface area contributed by atoms with Crippen molar-refractivity contribution >= 4 is 22.9 Å². The zero-order valence-electron chi connectivity index (χ0n) is 9.43. The van der Waals surface area contributed by atoms with Crippen molar-refractivity contribution in [3.63, 3.8) is 0 Å². The second-order valence-electron chi connectivity index (χ2n) is 3.73. The molecular weight excluding hydrogens is 238 g/mol. The average molecular weight is 253 g/mol. The highest BCUT2D eigenvalue weighted by molar-refractivity contribution is 7.08. The van der Waals surface area contributed by atoms with E-state index in [0.717, 1.165) is 18.5 Å². The summed E-state index contributed by atoms with van der Waals surface area (Å²) in [6.07, 6.45) is 2.20. The Labute approximate surface area is 104 Å². The van der Waals surface area contributed by atoms with Gasteiger partial charge in [-0.2, -0.15) is 11.3 Å². The number of nitrogens with one attached hydrogen (secondary N) is 1. The van der Waals surface area contributed by atoms with E-state index in [2.05, 4.69) is 31.7 Å². The van der Waals surface area contributed by atoms with Gasteiger partial charge in [-0.1, -0.05) is 4.49 Å². The molecule has 1 unspecified atom stereocenters. The highest BCUT2D eigenvalue weighted by Crippen LogP contribution is 2.24. The molecule has 2 rings (SSSR count). The Kier molecular flexibility index (Phi) is 4.04. The summed E-state index contributed by atoms with van der Waals surface area (Å²) in [5, 5.41) is 11.7. The van der Waals surface area contributed by atoms with Crippen LogP contribution in [0.4, 0.5) is 0 Å². The minimum absolute atomic E-state index is 0.375. The van der Waals surface area contributed by atoms with E-state index in [-0.39, 0.29) is 0 Å². The monoisotopic (exact) mass is 253 g/mol. The van der Waals surface area contributed by atoms with Crippen LogP contribution in [0.15, 0.2) is 16.8 Å². The molecule has 1 atom stereocenters.